The third kappa shape index (κ3) is 4.51. The van der Waals surface area contributed by atoms with E-state index >= 15 is 0 Å². The lowest BCUT2D eigenvalue weighted by molar-refractivity contribution is 0.168. The van der Waals surface area contributed by atoms with Gasteiger partial charge in [0, 0.05) is 18.6 Å². The van der Waals surface area contributed by atoms with Crippen molar-refractivity contribution in [2.75, 3.05) is 20.7 Å². The van der Waals surface area contributed by atoms with Gasteiger partial charge >= 0.3 is 0 Å². The van der Waals surface area contributed by atoms with E-state index in [-0.39, 0.29) is 6.04 Å². The van der Waals surface area contributed by atoms with Crippen LogP contribution < -0.4 is 10.5 Å². The Bertz CT molecular complexity index is 362. The van der Waals surface area contributed by atoms with Gasteiger partial charge in [-0.25, -0.2) is 0 Å². The number of hydrogen-bond donors (Lipinski definition) is 1. The van der Waals surface area contributed by atoms with Gasteiger partial charge in [-0.15, -0.1) is 0 Å². The molecule has 0 aliphatic heterocycles. The maximum Gasteiger partial charge on any atom is 0.118 e. The highest BCUT2D eigenvalue weighted by Crippen LogP contribution is 2.24. The molecule has 0 aliphatic rings. The Morgan fingerprint density at radius 1 is 1.16 bits per heavy atom. The molecule has 0 radical (unpaired) electrons. The minimum absolute atomic E-state index is 0.264. The van der Waals surface area contributed by atoms with Gasteiger partial charge in [-0.05, 0) is 44.0 Å². The molecule has 0 aromatic heterocycles. The fraction of sp³-hybridized carbons (Fsp3) is 0.625. The second-order valence-corrected chi connectivity index (χ2v) is 5.67. The summed E-state index contributed by atoms with van der Waals surface area (Å²) in [6, 6.07) is 9.00. The van der Waals surface area contributed by atoms with Crippen LogP contribution in [0.2, 0.25) is 0 Å². The van der Waals surface area contributed by atoms with Gasteiger partial charge in [0.1, 0.15) is 5.75 Å². The van der Waals surface area contributed by atoms with Gasteiger partial charge < -0.3 is 10.5 Å². The van der Waals surface area contributed by atoms with Crippen LogP contribution in [0.3, 0.4) is 0 Å². The number of rotatable bonds is 7. The monoisotopic (exact) mass is 264 g/mol. The largest absolute Gasteiger partial charge is 0.497 e. The Morgan fingerprint density at radius 3 is 2.16 bits per heavy atom. The summed E-state index contributed by atoms with van der Waals surface area (Å²) in [5.41, 5.74) is 7.22. The average molecular weight is 264 g/mol. The van der Waals surface area contributed by atoms with E-state index in [0.29, 0.717) is 18.5 Å². The van der Waals surface area contributed by atoms with Crippen LogP contribution in [0.4, 0.5) is 0 Å². The summed E-state index contributed by atoms with van der Waals surface area (Å²) in [4.78, 5) is 2.38. The zero-order chi connectivity index (χ0) is 14.4. The summed E-state index contributed by atoms with van der Waals surface area (Å²) in [5, 5.41) is 0. The lowest BCUT2D eigenvalue weighted by Gasteiger charge is -2.33. The Kier molecular flexibility index (Phi) is 6.32. The smallest absolute Gasteiger partial charge is 0.118 e. The van der Waals surface area contributed by atoms with Gasteiger partial charge in [-0.2, -0.15) is 0 Å². The minimum atomic E-state index is 0.264. The number of benzene rings is 1. The Morgan fingerprint density at radius 2 is 1.74 bits per heavy atom. The van der Waals surface area contributed by atoms with Crippen molar-refractivity contribution in [3.05, 3.63) is 29.8 Å². The molecule has 108 valence electrons. The Balaban J connectivity index is 2.80. The molecule has 0 spiro atoms. The van der Waals surface area contributed by atoms with E-state index in [9.17, 15) is 0 Å². The molecule has 0 bridgehead atoms. The van der Waals surface area contributed by atoms with E-state index in [4.69, 9.17) is 10.5 Å². The maximum atomic E-state index is 5.97. The summed E-state index contributed by atoms with van der Waals surface area (Å²) in [5.74, 6) is 1.59. The molecule has 1 rings (SSSR count). The van der Waals surface area contributed by atoms with Crippen LogP contribution in [-0.4, -0.2) is 31.6 Å². The van der Waals surface area contributed by atoms with Gasteiger partial charge in [-0.1, -0.05) is 26.0 Å². The lowest BCUT2D eigenvalue weighted by atomic mass is 9.99. The topological polar surface area (TPSA) is 38.5 Å². The van der Waals surface area contributed by atoms with Crippen LogP contribution in [-0.2, 0) is 0 Å². The van der Waals surface area contributed by atoms with E-state index < -0.39 is 0 Å². The lowest BCUT2D eigenvalue weighted by Crippen LogP contribution is -2.37. The van der Waals surface area contributed by atoms with Crippen molar-refractivity contribution in [3.8, 4) is 5.75 Å². The first-order chi connectivity index (χ1) is 8.99. The van der Waals surface area contributed by atoms with Crippen LogP contribution in [0.15, 0.2) is 24.3 Å². The number of nitrogens with zero attached hydrogens (tertiary/aromatic N) is 1. The molecule has 0 saturated carbocycles. The molecule has 0 heterocycles. The number of ether oxygens (including phenoxy) is 1. The summed E-state index contributed by atoms with van der Waals surface area (Å²) in [6.07, 6.45) is 1.18. The first kappa shape index (κ1) is 16.0. The van der Waals surface area contributed by atoms with E-state index in [0.717, 1.165) is 5.75 Å². The zero-order valence-electron chi connectivity index (χ0n) is 12.9. The van der Waals surface area contributed by atoms with E-state index in [1.807, 2.05) is 12.1 Å². The van der Waals surface area contributed by atoms with E-state index in [2.05, 4.69) is 44.9 Å². The molecule has 0 saturated heterocycles. The van der Waals surface area contributed by atoms with Gasteiger partial charge in [0.25, 0.3) is 0 Å². The highest BCUT2D eigenvalue weighted by Gasteiger charge is 2.20. The molecule has 0 amide bonds. The molecule has 0 fully saturated rings. The SMILES string of the molecule is COc1ccc(C(CN)N(C)C(C)CC(C)C)cc1. The van der Waals surface area contributed by atoms with Crippen molar-refractivity contribution in [1.29, 1.82) is 0 Å². The maximum absolute atomic E-state index is 5.97. The molecular weight excluding hydrogens is 236 g/mol. The average Bonchev–Trinajstić information content (AvgIpc) is 2.39. The molecule has 19 heavy (non-hydrogen) atoms. The highest BCUT2D eigenvalue weighted by molar-refractivity contribution is 5.29. The van der Waals surface area contributed by atoms with Crippen molar-refractivity contribution in [3.63, 3.8) is 0 Å². The van der Waals surface area contributed by atoms with Gasteiger partial charge in [0.05, 0.1) is 7.11 Å². The quantitative estimate of drug-likeness (QED) is 0.822. The van der Waals surface area contributed by atoms with Crippen LogP contribution >= 0.6 is 0 Å². The Labute approximate surface area is 117 Å². The van der Waals surface area contributed by atoms with Crippen LogP contribution in [0.5, 0.6) is 5.75 Å². The summed E-state index contributed by atoms with van der Waals surface area (Å²) < 4.78 is 5.20. The van der Waals surface area contributed by atoms with Crippen molar-refractivity contribution in [2.45, 2.75) is 39.3 Å². The molecule has 3 heteroatoms. The Hall–Kier alpha value is -1.06. The molecule has 1 aromatic carbocycles. The summed E-state index contributed by atoms with van der Waals surface area (Å²) in [7, 11) is 3.85. The van der Waals surface area contributed by atoms with Crippen LogP contribution in [0, 0.1) is 5.92 Å². The third-order valence-corrected chi connectivity index (χ3v) is 3.72. The molecule has 1 aromatic rings. The molecule has 0 aliphatic carbocycles. The van der Waals surface area contributed by atoms with Crippen molar-refractivity contribution < 1.29 is 4.74 Å². The molecule has 2 atom stereocenters. The van der Waals surface area contributed by atoms with Crippen molar-refractivity contribution in [1.82, 2.24) is 4.90 Å². The number of methoxy groups -OCH3 is 1. The second kappa shape index (κ2) is 7.51. The molecule has 2 unspecified atom stereocenters. The first-order valence-corrected chi connectivity index (χ1v) is 7.05. The summed E-state index contributed by atoms with van der Waals surface area (Å²) >= 11 is 0. The normalized spacial score (nSPS) is 14.7. The van der Waals surface area contributed by atoms with Crippen molar-refractivity contribution in [2.24, 2.45) is 11.7 Å². The number of nitrogens with two attached hydrogens (primary N) is 1. The fourth-order valence-corrected chi connectivity index (χ4v) is 2.52. The zero-order valence-corrected chi connectivity index (χ0v) is 12.9. The predicted molar refractivity (Wildman–Crippen MR) is 81.5 cm³/mol. The van der Waals surface area contributed by atoms with Gasteiger partial charge in [-0.3, -0.25) is 4.90 Å². The summed E-state index contributed by atoms with van der Waals surface area (Å²) in [6.45, 7) is 7.42. The van der Waals surface area contributed by atoms with Crippen molar-refractivity contribution >= 4 is 0 Å². The van der Waals surface area contributed by atoms with E-state index in [1.54, 1.807) is 7.11 Å². The fourth-order valence-electron chi connectivity index (χ4n) is 2.52. The number of likely N-dealkylation sites (N-methyl/N-ethyl adjacent to an activating group) is 1. The highest BCUT2D eigenvalue weighted by atomic mass is 16.5. The molecule has 2 N–H and O–H groups in total. The van der Waals surface area contributed by atoms with Crippen LogP contribution in [0.25, 0.3) is 0 Å². The molecule has 3 nitrogen and oxygen atoms in total. The first-order valence-electron chi connectivity index (χ1n) is 7.05. The minimum Gasteiger partial charge on any atom is -0.497 e. The third-order valence-electron chi connectivity index (χ3n) is 3.72. The van der Waals surface area contributed by atoms with Gasteiger partial charge in [0.15, 0.2) is 0 Å². The number of hydrogen-bond acceptors (Lipinski definition) is 3. The second-order valence-electron chi connectivity index (χ2n) is 5.67. The van der Waals surface area contributed by atoms with E-state index in [1.165, 1.54) is 12.0 Å². The van der Waals surface area contributed by atoms with Gasteiger partial charge in [0.2, 0.25) is 0 Å². The van der Waals surface area contributed by atoms with Crippen LogP contribution in [0.1, 0.15) is 38.8 Å². The predicted octanol–water partition coefficient (Wildman–Crippen LogP) is 3.06. The standard InChI is InChI=1S/C16H28N2O/c1-12(2)10-13(3)18(4)16(11-17)14-6-8-15(19-5)9-7-14/h6-9,12-13,16H,10-11,17H2,1-5H3. The molecular formula is C16H28N2O.